The van der Waals surface area contributed by atoms with Crippen LogP contribution in [0.25, 0.3) is 0 Å². The number of rotatable bonds is 17. The van der Waals surface area contributed by atoms with Crippen LogP contribution in [0.1, 0.15) is 101 Å². The molecule has 0 aliphatic rings. The highest BCUT2D eigenvalue weighted by Crippen LogP contribution is 2.22. The second-order valence-corrected chi connectivity index (χ2v) is 10.6. The van der Waals surface area contributed by atoms with Crippen LogP contribution < -0.4 is 5.32 Å². The summed E-state index contributed by atoms with van der Waals surface area (Å²) < 4.78 is 19.0. The molecular formula is C35H67FN4O5. The molecule has 264 valence electrons. The molecule has 0 spiro atoms. The predicted octanol–water partition coefficient (Wildman–Crippen LogP) is 7.15. The van der Waals surface area contributed by atoms with Gasteiger partial charge in [0, 0.05) is 39.1 Å². The molecule has 0 heterocycles. The third-order valence-electron chi connectivity index (χ3n) is 6.73. The number of ether oxygens (including phenoxy) is 1. The Balaban J connectivity index is -0.000000328. The standard InChI is InChI=1S/C20H34FNO2.C7H17NO.C6H10N2O2.C2H6/c1-7-15-24-20(19(9-3)22(6)17(5)23)16(4)13-11-10-12-14-18(21)8-2;1-5-8(4)7(2,3)6-9;1-7-4-5(9)3-6(10)8-2;1-2/h8,10,12,19H,7,9,11,13-15H2,1-6H3;9H,5-6H2,1-4H3;3,9H,1,4H2,2H3,(H,8,10);1-2H3/b12-10-,18-8+,20-16-;;5-3-;. The van der Waals surface area contributed by atoms with E-state index in [0.717, 1.165) is 49.6 Å². The molecule has 9 nitrogen and oxygen atoms in total. The van der Waals surface area contributed by atoms with Gasteiger partial charge in [-0.15, -0.1) is 0 Å². The molecule has 0 bridgehead atoms. The Morgan fingerprint density at radius 1 is 1.13 bits per heavy atom. The lowest BCUT2D eigenvalue weighted by atomic mass is 10.0. The first-order valence-electron chi connectivity index (χ1n) is 16.0. The normalized spacial score (nSPS) is 12.8. The van der Waals surface area contributed by atoms with Gasteiger partial charge in [-0.1, -0.05) is 52.8 Å². The molecule has 0 fully saturated rings. The zero-order valence-electron chi connectivity index (χ0n) is 30.8. The Kier molecular flexibility index (Phi) is 33.7. The highest BCUT2D eigenvalue weighted by atomic mass is 19.1. The molecule has 10 heteroatoms. The predicted molar refractivity (Wildman–Crippen MR) is 189 cm³/mol. The van der Waals surface area contributed by atoms with Gasteiger partial charge >= 0.3 is 0 Å². The number of halogens is 1. The van der Waals surface area contributed by atoms with Gasteiger partial charge < -0.3 is 25.2 Å². The van der Waals surface area contributed by atoms with E-state index in [1.807, 2.05) is 53.9 Å². The first-order chi connectivity index (χ1) is 21.1. The number of carbonyl (C=O) groups excluding carboxylic acids is 2. The van der Waals surface area contributed by atoms with Gasteiger partial charge in [-0.2, -0.15) is 0 Å². The third kappa shape index (κ3) is 26.0. The lowest BCUT2D eigenvalue weighted by Crippen LogP contribution is -2.43. The van der Waals surface area contributed by atoms with E-state index >= 15 is 0 Å². The number of carbonyl (C=O) groups is 2. The van der Waals surface area contributed by atoms with Crippen molar-refractivity contribution in [1.82, 2.24) is 15.1 Å². The molecule has 0 aromatic heterocycles. The van der Waals surface area contributed by atoms with Gasteiger partial charge in [0.1, 0.15) is 11.5 Å². The summed E-state index contributed by atoms with van der Waals surface area (Å²) in [5.41, 5.74) is 1.09. The minimum Gasteiger partial charge on any atom is -0.510 e. The Bertz CT molecular complexity index is 914. The van der Waals surface area contributed by atoms with E-state index in [4.69, 9.17) is 14.9 Å². The molecule has 0 saturated carbocycles. The van der Waals surface area contributed by atoms with Gasteiger partial charge in [-0.3, -0.25) is 19.5 Å². The zero-order chi connectivity index (χ0) is 36.0. The first-order valence-corrected chi connectivity index (χ1v) is 16.0. The van der Waals surface area contributed by atoms with Crippen molar-refractivity contribution < 1.29 is 28.9 Å². The number of aliphatic imine (C=N–C) groups is 1. The fraction of sp³-hybridized carbons (Fsp3) is 0.686. The minimum absolute atomic E-state index is 0.0292. The van der Waals surface area contributed by atoms with Crippen LogP contribution in [0.15, 0.2) is 52.2 Å². The van der Waals surface area contributed by atoms with Crippen LogP contribution in [0.2, 0.25) is 0 Å². The average molecular weight is 643 g/mol. The van der Waals surface area contributed by atoms with Crippen LogP contribution in [0.4, 0.5) is 4.39 Å². The average Bonchev–Trinajstić information content (AvgIpc) is 3.03. The van der Waals surface area contributed by atoms with Crippen molar-refractivity contribution >= 4 is 18.5 Å². The van der Waals surface area contributed by atoms with Crippen LogP contribution in [-0.4, -0.2) is 97.6 Å². The van der Waals surface area contributed by atoms with Crippen LogP contribution in [-0.2, 0) is 14.3 Å². The molecule has 0 rings (SSSR count). The van der Waals surface area contributed by atoms with Crippen molar-refractivity contribution in [3.05, 3.63) is 47.2 Å². The number of hydrogen-bond acceptors (Lipinski definition) is 7. The van der Waals surface area contributed by atoms with Gasteiger partial charge in [0.2, 0.25) is 11.8 Å². The summed E-state index contributed by atoms with van der Waals surface area (Å²) in [5.74, 6) is 0.397. The summed E-state index contributed by atoms with van der Waals surface area (Å²) in [6, 6.07) is -0.0292. The number of nitrogens with zero attached hydrogens (tertiary/aromatic N) is 3. The first kappa shape index (κ1) is 48.9. The number of hydrogen-bond donors (Lipinski definition) is 3. The lowest BCUT2D eigenvalue weighted by molar-refractivity contribution is -0.129. The fourth-order valence-electron chi connectivity index (χ4n) is 3.36. The maximum absolute atomic E-state index is 13.0. The van der Waals surface area contributed by atoms with Crippen molar-refractivity contribution in [2.75, 3.05) is 47.4 Å². The van der Waals surface area contributed by atoms with Gasteiger partial charge in [0.05, 0.1) is 31.6 Å². The van der Waals surface area contributed by atoms with Crippen molar-refractivity contribution in [1.29, 1.82) is 0 Å². The van der Waals surface area contributed by atoms with Crippen molar-refractivity contribution in [3.8, 4) is 0 Å². The molecular weight excluding hydrogens is 575 g/mol. The molecule has 2 amide bonds. The minimum atomic E-state index is -0.346. The Hall–Kier alpha value is -2.98. The monoisotopic (exact) mass is 643 g/mol. The maximum Gasteiger partial charge on any atom is 0.247 e. The quantitative estimate of drug-likeness (QED) is 0.0672. The molecule has 45 heavy (non-hydrogen) atoms. The Labute approximate surface area is 275 Å². The van der Waals surface area contributed by atoms with Crippen molar-refractivity contribution in [3.63, 3.8) is 0 Å². The molecule has 3 N–H and O–H groups in total. The molecule has 0 aromatic carbocycles. The molecule has 1 atom stereocenters. The summed E-state index contributed by atoms with van der Waals surface area (Å²) in [6.07, 6.45) is 10.2. The van der Waals surface area contributed by atoms with Crippen LogP contribution >= 0.6 is 0 Å². The van der Waals surface area contributed by atoms with Gasteiger partial charge in [0.25, 0.3) is 0 Å². The summed E-state index contributed by atoms with van der Waals surface area (Å²) in [7, 11) is 5.31. The summed E-state index contributed by atoms with van der Waals surface area (Å²) in [5, 5.41) is 20.0. The molecule has 0 radical (unpaired) electrons. The third-order valence-corrected chi connectivity index (χ3v) is 6.73. The largest absolute Gasteiger partial charge is 0.510 e. The second-order valence-electron chi connectivity index (χ2n) is 10.6. The summed E-state index contributed by atoms with van der Waals surface area (Å²) >= 11 is 0. The molecule has 0 aromatic rings. The lowest BCUT2D eigenvalue weighted by Gasteiger charge is -2.32. The van der Waals surface area contributed by atoms with Gasteiger partial charge in [-0.25, -0.2) is 4.39 Å². The summed E-state index contributed by atoms with van der Waals surface area (Å²) in [6.45, 7) is 24.7. The van der Waals surface area contributed by atoms with E-state index in [1.165, 1.54) is 13.1 Å². The van der Waals surface area contributed by atoms with Crippen LogP contribution in [0.3, 0.4) is 0 Å². The molecule has 1 unspecified atom stereocenters. The topological polar surface area (TPSA) is 115 Å². The number of nitrogens with one attached hydrogen (secondary N) is 1. The number of likely N-dealkylation sites (N-methyl/N-ethyl adjacent to an activating group) is 3. The van der Waals surface area contributed by atoms with E-state index in [2.05, 4.69) is 49.6 Å². The van der Waals surface area contributed by atoms with E-state index in [9.17, 15) is 14.0 Å². The number of allylic oxidation sites excluding steroid dienone is 5. The molecule has 0 saturated heterocycles. The van der Waals surface area contributed by atoms with E-state index < -0.39 is 0 Å². The summed E-state index contributed by atoms with van der Waals surface area (Å²) in [4.78, 5) is 29.5. The second kappa shape index (κ2) is 31.0. The smallest absolute Gasteiger partial charge is 0.247 e. The zero-order valence-corrected chi connectivity index (χ0v) is 30.8. The van der Waals surface area contributed by atoms with Crippen molar-refractivity contribution in [2.24, 2.45) is 4.99 Å². The Morgan fingerprint density at radius 2 is 1.71 bits per heavy atom. The Morgan fingerprint density at radius 3 is 2.09 bits per heavy atom. The highest BCUT2D eigenvalue weighted by molar-refractivity contribution is 5.87. The number of aliphatic hydroxyl groups is 2. The molecule has 0 aliphatic heterocycles. The SMILES string of the molecule is C/C=C(/F)C/C=C\CC/C(C)=C(\OCCC)C(CC)N(C)C(C)=O.C=NC/C(O)=C/C(=O)NC.CC.CCN(C)C(C)(C)CO. The van der Waals surface area contributed by atoms with Gasteiger partial charge in [0.15, 0.2) is 0 Å². The maximum atomic E-state index is 13.0. The fourth-order valence-corrected chi connectivity index (χ4v) is 3.36. The van der Waals surface area contributed by atoms with Crippen LogP contribution in [0, 0.1) is 0 Å². The van der Waals surface area contributed by atoms with Crippen molar-refractivity contribution in [2.45, 2.75) is 113 Å². The number of amides is 2. The molecule has 0 aliphatic carbocycles. The van der Waals surface area contributed by atoms with E-state index in [1.54, 1.807) is 18.7 Å². The van der Waals surface area contributed by atoms with Gasteiger partial charge in [-0.05, 0) is 79.3 Å². The van der Waals surface area contributed by atoms with E-state index in [0.29, 0.717) is 13.0 Å². The number of aliphatic hydroxyl groups excluding tert-OH is 2. The highest BCUT2D eigenvalue weighted by Gasteiger charge is 2.23. The van der Waals surface area contributed by atoms with E-state index in [-0.39, 0.29) is 48.1 Å². The van der Waals surface area contributed by atoms with Crippen LogP contribution in [0.5, 0.6) is 0 Å².